The number of methoxy groups -OCH3 is 1. The first-order valence-corrected chi connectivity index (χ1v) is 8.07. The summed E-state index contributed by atoms with van der Waals surface area (Å²) in [7, 11) is 1.34. The zero-order chi connectivity index (χ0) is 17.8. The van der Waals surface area contributed by atoms with Crippen molar-refractivity contribution in [3.8, 4) is 11.3 Å². The van der Waals surface area contributed by atoms with E-state index in [1.807, 2.05) is 24.3 Å². The van der Waals surface area contributed by atoms with E-state index in [0.29, 0.717) is 17.7 Å². The maximum absolute atomic E-state index is 11.7. The van der Waals surface area contributed by atoms with E-state index >= 15 is 0 Å². The third kappa shape index (κ3) is 3.69. The van der Waals surface area contributed by atoms with Crippen LogP contribution in [0.4, 0.5) is 0 Å². The molecule has 0 unspecified atom stereocenters. The number of esters is 2. The average molecular weight is 341 g/mol. The molecule has 25 heavy (non-hydrogen) atoms. The molecule has 0 saturated carbocycles. The van der Waals surface area contributed by atoms with Crippen LogP contribution in [-0.4, -0.2) is 41.8 Å². The van der Waals surface area contributed by atoms with Crippen LogP contribution >= 0.6 is 0 Å². The van der Waals surface area contributed by atoms with Gasteiger partial charge in [0.15, 0.2) is 0 Å². The molecule has 0 spiro atoms. The number of aromatic nitrogens is 1. The summed E-state index contributed by atoms with van der Waals surface area (Å²) >= 11 is 0. The molecular formula is C19H19NO5. The normalized spacial score (nSPS) is 19.0. The molecule has 6 heteroatoms. The van der Waals surface area contributed by atoms with E-state index in [4.69, 9.17) is 14.6 Å². The van der Waals surface area contributed by atoms with Gasteiger partial charge in [0, 0.05) is 11.8 Å². The van der Waals surface area contributed by atoms with Gasteiger partial charge in [0.05, 0.1) is 25.0 Å². The standard InChI is InChI=1S/C19H19NO5/c1-24-18(22)14-7-8-20-16(10-14)13-4-2-3-12(9-13)5-6-17-15(11-21)19(23)25-17/h2-4,7-10,15,17,21H,5-6,11H2,1H3/t15-,17-/m1/s1. The molecule has 130 valence electrons. The van der Waals surface area contributed by atoms with E-state index in [0.717, 1.165) is 17.5 Å². The van der Waals surface area contributed by atoms with Crippen LogP contribution in [0.25, 0.3) is 11.3 Å². The van der Waals surface area contributed by atoms with Crippen LogP contribution in [0.3, 0.4) is 0 Å². The molecular weight excluding hydrogens is 322 g/mol. The molecule has 6 nitrogen and oxygen atoms in total. The van der Waals surface area contributed by atoms with Crippen molar-refractivity contribution < 1.29 is 24.2 Å². The highest BCUT2D eigenvalue weighted by molar-refractivity contribution is 5.90. The number of hydrogen-bond acceptors (Lipinski definition) is 6. The van der Waals surface area contributed by atoms with Crippen LogP contribution < -0.4 is 0 Å². The van der Waals surface area contributed by atoms with Crippen LogP contribution in [0.5, 0.6) is 0 Å². The Morgan fingerprint density at radius 1 is 1.32 bits per heavy atom. The van der Waals surface area contributed by atoms with Gasteiger partial charge in [-0.25, -0.2) is 4.79 Å². The number of hydrogen-bond donors (Lipinski definition) is 1. The number of cyclic esters (lactones) is 1. The molecule has 2 heterocycles. The minimum Gasteiger partial charge on any atom is -0.465 e. The molecule has 0 bridgehead atoms. The lowest BCUT2D eigenvalue weighted by molar-refractivity contribution is -0.188. The van der Waals surface area contributed by atoms with E-state index in [-0.39, 0.29) is 18.7 Å². The average Bonchev–Trinajstić information content (AvgIpc) is 2.65. The lowest BCUT2D eigenvalue weighted by atomic mass is 9.92. The lowest BCUT2D eigenvalue weighted by Gasteiger charge is -2.33. The van der Waals surface area contributed by atoms with Gasteiger partial charge in [-0.05, 0) is 36.6 Å². The third-order valence-electron chi connectivity index (χ3n) is 4.34. The number of aryl methyl sites for hydroxylation is 1. The number of carbonyl (C=O) groups excluding carboxylic acids is 2. The maximum atomic E-state index is 11.7. The lowest BCUT2D eigenvalue weighted by Crippen LogP contribution is -2.47. The van der Waals surface area contributed by atoms with Crippen molar-refractivity contribution in [1.29, 1.82) is 0 Å². The number of aliphatic hydroxyl groups is 1. The predicted octanol–water partition coefficient (Wildman–Crippen LogP) is 2.00. The minimum absolute atomic E-state index is 0.173. The largest absolute Gasteiger partial charge is 0.465 e. The molecule has 0 amide bonds. The van der Waals surface area contributed by atoms with Gasteiger partial charge in [-0.2, -0.15) is 0 Å². The summed E-state index contributed by atoms with van der Waals surface area (Å²) in [6.45, 7) is -0.173. The van der Waals surface area contributed by atoms with Crippen LogP contribution in [0.15, 0.2) is 42.6 Å². The van der Waals surface area contributed by atoms with Crippen LogP contribution in [0.2, 0.25) is 0 Å². The second-order valence-corrected chi connectivity index (χ2v) is 5.92. The molecule has 0 aliphatic carbocycles. The van der Waals surface area contributed by atoms with Crippen LogP contribution in [-0.2, 0) is 20.7 Å². The summed E-state index contributed by atoms with van der Waals surface area (Å²) in [4.78, 5) is 27.2. The Bertz CT molecular complexity index is 789. The van der Waals surface area contributed by atoms with Gasteiger partial charge in [-0.1, -0.05) is 18.2 Å². The smallest absolute Gasteiger partial charge is 0.337 e. The van der Waals surface area contributed by atoms with Crippen molar-refractivity contribution in [2.45, 2.75) is 18.9 Å². The summed E-state index contributed by atoms with van der Waals surface area (Å²) in [5.41, 5.74) is 3.10. The first-order chi connectivity index (χ1) is 12.1. The second-order valence-electron chi connectivity index (χ2n) is 5.92. The van der Waals surface area contributed by atoms with E-state index in [1.54, 1.807) is 18.3 Å². The Hall–Kier alpha value is -2.73. The molecule has 1 aromatic carbocycles. The quantitative estimate of drug-likeness (QED) is 0.809. The highest BCUT2D eigenvalue weighted by Gasteiger charge is 2.41. The van der Waals surface area contributed by atoms with E-state index < -0.39 is 11.9 Å². The fourth-order valence-electron chi connectivity index (χ4n) is 2.88. The first kappa shape index (κ1) is 17.1. The fourth-order valence-corrected chi connectivity index (χ4v) is 2.88. The molecule has 0 radical (unpaired) electrons. The van der Waals surface area contributed by atoms with E-state index in [1.165, 1.54) is 7.11 Å². The number of benzene rings is 1. The van der Waals surface area contributed by atoms with Crippen molar-refractivity contribution in [2.24, 2.45) is 5.92 Å². The van der Waals surface area contributed by atoms with Crippen molar-refractivity contribution in [2.75, 3.05) is 13.7 Å². The van der Waals surface area contributed by atoms with Crippen molar-refractivity contribution in [3.63, 3.8) is 0 Å². The van der Waals surface area contributed by atoms with Gasteiger partial charge in [-0.3, -0.25) is 9.78 Å². The van der Waals surface area contributed by atoms with Gasteiger partial charge < -0.3 is 14.6 Å². The Morgan fingerprint density at radius 2 is 2.16 bits per heavy atom. The number of carbonyl (C=O) groups is 2. The Balaban J connectivity index is 1.71. The number of rotatable bonds is 6. The summed E-state index contributed by atoms with van der Waals surface area (Å²) in [5, 5.41) is 9.16. The molecule has 1 aromatic heterocycles. The zero-order valence-electron chi connectivity index (χ0n) is 13.8. The summed E-state index contributed by atoms with van der Waals surface area (Å²) in [6.07, 6.45) is 2.74. The Kier molecular flexibility index (Phi) is 5.09. The second kappa shape index (κ2) is 7.44. The van der Waals surface area contributed by atoms with E-state index in [2.05, 4.69) is 4.98 Å². The number of aliphatic hydroxyl groups excluding tert-OH is 1. The molecule has 1 aliphatic heterocycles. The third-order valence-corrected chi connectivity index (χ3v) is 4.34. The van der Waals surface area contributed by atoms with Gasteiger partial charge >= 0.3 is 11.9 Å². The topological polar surface area (TPSA) is 85.7 Å². The van der Waals surface area contributed by atoms with Gasteiger partial charge in [0.2, 0.25) is 0 Å². The Morgan fingerprint density at radius 3 is 2.88 bits per heavy atom. The molecule has 1 fully saturated rings. The maximum Gasteiger partial charge on any atom is 0.337 e. The van der Waals surface area contributed by atoms with E-state index in [9.17, 15) is 9.59 Å². The molecule has 1 aliphatic rings. The molecule has 2 aromatic rings. The van der Waals surface area contributed by atoms with Gasteiger partial charge in [0.25, 0.3) is 0 Å². The number of ether oxygens (including phenoxy) is 2. The number of pyridine rings is 1. The molecule has 3 rings (SSSR count). The summed E-state index contributed by atoms with van der Waals surface area (Å²) in [5.74, 6) is -1.13. The number of nitrogens with zero attached hydrogens (tertiary/aromatic N) is 1. The SMILES string of the molecule is COC(=O)c1ccnc(-c2cccc(CC[C@H]3OC(=O)[C@@H]3CO)c2)c1. The van der Waals surface area contributed by atoms with Gasteiger partial charge in [-0.15, -0.1) is 0 Å². The summed E-state index contributed by atoms with van der Waals surface area (Å²) in [6, 6.07) is 11.1. The van der Waals surface area contributed by atoms with Crippen LogP contribution in [0.1, 0.15) is 22.3 Å². The molecule has 2 atom stereocenters. The molecule has 1 saturated heterocycles. The minimum atomic E-state index is -0.401. The first-order valence-electron chi connectivity index (χ1n) is 8.07. The Labute approximate surface area is 145 Å². The fraction of sp³-hybridized carbons (Fsp3) is 0.316. The highest BCUT2D eigenvalue weighted by Crippen LogP contribution is 2.27. The molecule has 1 N–H and O–H groups in total. The summed E-state index contributed by atoms with van der Waals surface area (Å²) < 4.78 is 9.81. The van der Waals surface area contributed by atoms with Crippen LogP contribution in [0, 0.1) is 5.92 Å². The predicted molar refractivity (Wildman–Crippen MR) is 89.8 cm³/mol. The van der Waals surface area contributed by atoms with Crippen molar-refractivity contribution in [3.05, 3.63) is 53.7 Å². The monoisotopic (exact) mass is 341 g/mol. The van der Waals surface area contributed by atoms with Crippen molar-refractivity contribution >= 4 is 11.9 Å². The highest BCUT2D eigenvalue weighted by atomic mass is 16.6. The van der Waals surface area contributed by atoms with Gasteiger partial charge in [0.1, 0.15) is 12.0 Å². The zero-order valence-corrected chi connectivity index (χ0v) is 13.8. The van der Waals surface area contributed by atoms with Crippen molar-refractivity contribution in [1.82, 2.24) is 4.98 Å².